The number of hydrogen-bond acceptors (Lipinski definition) is 3. The maximum Gasteiger partial charge on any atom is 0.228 e. The average molecular weight is 451 g/mol. The number of nitrogens with zero attached hydrogens (tertiary/aromatic N) is 1. The molecule has 4 rings (SSSR count). The van der Waals surface area contributed by atoms with E-state index in [9.17, 15) is 4.79 Å². The molecule has 3 nitrogen and oxygen atoms in total. The van der Waals surface area contributed by atoms with E-state index in [0.717, 1.165) is 48.9 Å². The number of benzene rings is 3. The minimum absolute atomic E-state index is 0.0150. The summed E-state index contributed by atoms with van der Waals surface area (Å²) in [6, 6.07) is 26.6. The molecule has 160 valence electrons. The lowest BCUT2D eigenvalue weighted by molar-refractivity contribution is -0.121. The SMILES string of the molecule is O=C(Nc1ccc(CSc2ccccc2)cc1)C1CCCN(Cc2cccc(Cl)c2)C1. The fourth-order valence-corrected chi connectivity index (χ4v) is 5.01. The first-order valence-electron chi connectivity index (χ1n) is 10.7. The molecule has 0 bridgehead atoms. The van der Waals surface area contributed by atoms with Gasteiger partial charge in [0.2, 0.25) is 5.91 Å². The molecule has 5 heteroatoms. The first kappa shape index (κ1) is 21.9. The molecule has 1 unspecified atom stereocenters. The zero-order chi connectivity index (χ0) is 21.5. The molecule has 31 heavy (non-hydrogen) atoms. The van der Waals surface area contributed by atoms with Crippen LogP contribution in [0.15, 0.2) is 83.8 Å². The molecule has 0 spiro atoms. The van der Waals surface area contributed by atoms with Gasteiger partial charge >= 0.3 is 0 Å². The second-order valence-corrected chi connectivity index (χ2v) is 9.48. The summed E-state index contributed by atoms with van der Waals surface area (Å²) in [5.41, 5.74) is 3.31. The van der Waals surface area contributed by atoms with Crippen LogP contribution in [0.4, 0.5) is 5.69 Å². The zero-order valence-electron chi connectivity index (χ0n) is 17.5. The topological polar surface area (TPSA) is 32.3 Å². The number of rotatable bonds is 7. The quantitative estimate of drug-likeness (QED) is 0.418. The number of anilines is 1. The number of thioether (sulfide) groups is 1. The Hall–Kier alpha value is -2.27. The van der Waals surface area contributed by atoms with E-state index >= 15 is 0 Å². The van der Waals surface area contributed by atoms with Gasteiger partial charge in [-0.2, -0.15) is 0 Å². The van der Waals surface area contributed by atoms with Crippen LogP contribution in [0, 0.1) is 5.92 Å². The van der Waals surface area contributed by atoms with Gasteiger partial charge in [-0.25, -0.2) is 0 Å². The van der Waals surface area contributed by atoms with Crippen molar-refractivity contribution in [1.29, 1.82) is 0 Å². The summed E-state index contributed by atoms with van der Waals surface area (Å²) >= 11 is 7.93. The van der Waals surface area contributed by atoms with Gasteiger partial charge in [-0.05, 0) is 66.9 Å². The van der Waals surface area contributed by atoms with E-state index < -0.39 is 0 Å². The summed E-state index contributed by atoms with van der Waals surface area (Å²) in [4.78, 5) is 16.5. The van der Waals surface area contributed by atoms with E-state index in [1.807, 2.05) is 48.2 Å². The van der Waals surface area contributed by atoms with Gasteiger partial charge < -0.3 is 5.32 Å². The molecular weight excluding hydrogens is 424 g/mol. The van der Waals surface area contributed by atoms with Crippen molar-refractivity contribution in [2.75, 3.05) is 18.4 Å². The Bertz CT molecular complexity index is 994. The lowest BCUT2D eigenvalue weighted by atomic mass is 9.96. The van der Waals surface area contributed by atoms with Crippen LogP contribution in [-0.4, -0.2) is 23.9 Å². The van der Waals surface area contributed by atoms with Crippen LogP contribution in [0.25, 0.3) is 0 Å². The molecule has 3 aromatic carbocycles. The molecule has 1 amide bonds. The first-order chi connectivity index (χ1) is 15.2. The Morgan fingerprint density at radius 1 is 1.00 bits per heavy atom. The predicted octanol–water partition coefficient (Wildman–Crippen LogP) is 6.48. The Morgan fingerprint density at radius 2 is 1.81 bits per heavy atom. The first-order valence-corrected chi connectivity index (χ1v) is 12.1. The van der Waals surface area contributed by atoms with Crippen LogP contribution in [0.2, 0.25) is 5.02 Å². The average Bonchev–Trinajstić information content (AvgIpc) is 2.79. The molecule has 0 radical (unpaired) electrons. The minimum atomic E-state index is 0.0150. The fourth-order valence-electron chi connectivity index (χ4n) is 3.92. The third-order valence-corrected chi connectivity index (χ3v) is 6.86. The smallest absolute Gasteiger partial charge is 0.228 e. The number of likely N-dealkylation sites (tertiary alicyclic amines) is 1. The van der Waals surface area contributed by atoms with Crippen LogP contribution in [-0.2, 0) is 17.1 Å². The van der Waals surface area contributed by atoms with Crippen molar-refractivity contribution in [1.82, 2.24) is 4.90 Å². The Balaban J connectivity index is 1.28. The molecule has 3 aromatic rings. The Morgan fingerprint density at radius 3 is 2.58 bits per heavy atom. The lowest BCUT2D eigenvalue weighted by Gasteiger charge is -2.32. The number of carbonyl (C=O) groups excluding carboxylic acids is 1. The monoisotopic (exact) mass is 450 g/mol. The van der Waals surface area contributed by atoms with Gasteiger partial charge in [0.25, 0.3) is 0 Å². The van der Waals surface area contributed by atoms with Crippen LogP contribution < -0.4 is 5.32 Å². The third kappa shape index (κ3) is 6.60. The Kier molecular flexibility index (Phi) is 7.68. The summed E-state index contributed by atoms with van der Waals surface area (Å²) in [5, 5.41) is 3.87. The number of hydrogen-bond donors (Lipinski definition) is 1. The lowest BCUT2D eigenvalue weighted by Crippen LogP contribution is -2.40. The number of piperidine rings is 1. The number of amides is 1. The van der Waals surface area contributed by atoms with Crippen molar-refractivity contribution >= 4 is 35.0 Å². The largest absolute Gasteiger partial charge is 0.326 e. The fraction of sp³-hybridized carbons (Fsp3) is 0.269. The van der Waals surface area contributed by atoms with E-state index in [0.29, 0.717) is 0 Å². The normalized spacial score (nSPS) is 16.7. The zero-order valence-corrected chi connectivity index (χ0v) is 19.0. The number of halogens is 1. The highest BCUT2D eigenvalue weighted by atomic mass is 35.5. The van der Waals surface area contributed by atoms with Crippen molar-refractivity contribution < 1.29 is 4.79 Å². The molecule has 0 aromatic heterocycles. The third-order valence-electron chi connectivity index (χ3n) is 5.54. The van der Waals surface area contributed by atoms with Gasteiger partial charge in [0.1, 0.15) is 0 Å². The van der Waals surface area contributed by atoms with Gasteiger partial charge in [-0.1, -0.05) is 54.1 Å². The summed E-state index contributed by atoms with van der Waals surface area (Å²) in [6.07, 6.45) is 1.97. The van der Waals surface area contributed by atoms with Gasteiger partial charge in [0.05, 0.1) is 5.92 Å². The summed E-state index contributed by atoms with van der Waals surface area (Å²) in [5.74, 6) is 1.04. The summed E-state index contributed by atoms with van der Waals surface area (Å²) in [7, 11) is 0. The van der Waals surface area contributed by atoms with E-state index in [-0.39, 0.29) is 11.8 Å². The van der Waals surface area contributed by atoms with Crippen LogP contribution in [0.3, 0.4) is 0 Å². The molecule has 1 aliphatic heterocycles. The second kappa shape index (κ2) is 10.9. The molecule has 1 fully saturated rings. The van der Waals surface area contributed by atoms with Crippen LogP contribution in [0.1, 0.15) is 24.0 Å². The highest BCUT2D eigenvalue weighted by Crippen LogP contribution is 2.24. The van der Waals surface area contributed by atoms with E-state index in [1.165, 1.54) is 16.0 Å². The van der Waals surface area contributed by atoms with E-state index in [4.69, 9.17) is 11.6 Å². The van der Waals surface area contributed by atoms with Gasteiger partial charge in [-0.3, -0.25) is 9.69 Å². The van der Waals surface area contributed by atoms with Crippen molar-refractivity contribution in [3.8, 4) is 0 Å². The molecular formula is C26H27ClN2OS. The molecule has 1 N–H and O–H groups in total. The summed E-state index contributed by atoms with van der Waals surface area (Å²) < 4.78 is 0. The molecule has 1 heterocycles. The summed E-state index contributed by atoms with van der Waals surface area (Å²) in [6.45, 7) is 2.63. The van der Waals surface area contributed by atoms with Crippen molar-refractivity contribution in [3.63, 3.8) is 0 Å². The molecule has 0 saturated carbocycles. The van der Waals surface area contributed by atoms with Crippen molar-refractivity contribution in [2.24, 2.45) is 5.92 Å². The van der Waals surface area contributed by atoms with Crippen LogP contribution >= 0.6 is 23.4 Å². The molecule has 0 aliphatic carbocycles. The van der Waals surface area contributed by atoms with Gasteiger partial charge in [-0.15, -0.1) is 11.8 Å². The number of nitrogens with one attached hydrogen (secondary N) is 1. The maximum absolute atomic E-state index is 12.9. The van der Waals surface area contributed by atoms with Crippen molar-refractivity contribution in [3.05, 3.63) is 95.0 Å². The molecule has 1 atom stereocenters. The highest BCUT2D eigenvalue weighted by Gasteiger charge is 2.25. The number of carbonyl (C=O) groups is 1. The second-order valence-electron chi connectivity index (χ2n) is 7.99. The van der Waals surface area contributed by atoms with Gasteiger partial charge in [0.15, 0.2) is 0 Å². The van der Waals surface area contributed by atoms with Gasteiger partial charge in [0, 0.05) is 34.4 Å². The molecule has 1 aliphatic rings. The molecule has 1 saturated heterocycles. The Labute approximate surface area is 193 Å². The highest BCUT2D eigenvalue weighted by molar-refractivity contribution is 7.98. The predicted molar refractivity (Wildman–Crippen MR) is 131 cm³/mol. The van der Waals surface area contributed by atoms with Crippen molar-refractivity contribution in [2.45, 2.75) is 30.0 Å². The standard InChI is InChI=1S/C26H27ClN2OS/c27-23-8-4-6-21(16-23)17-29-15-5-7-22(18-29)26(30)28-24-13-11-20(12-14-24)19-31-25-9-2-1-3-10-25/h1-4,6,8-14,16,22H,5,7,15,17-19H2,(H,28,30). The van der Waals surface area contributed by atoms with Crippen LogP contribution in [0.5, 0.6) is 0 Å². The maximum atomic E-state index is 12.9. The minimum Gasteiger partial charge on any atom is -0.326 e. The van der Waals surface area contributed by atoms with E-state index in [1.54, 1.807) is 0 Å². The van der Waals surface area contributed by atoms with E-state index in [2.05, 4.69) is 52.7 Å².